The summed E-state index contributed by atoms with van der Waals surface area (Å²) in [5.74, 6) is 0.589. The molecule has 0 radical (unpaired) electrons. The van der Waals surface area contributed by atoms with Crippen molar-refractivity contribution in [1.29, 1.82) is 0 Å². The number of fused-ring (bicyclic) bond motifs is 3. The third kappa shape index (κ3) is 1.48. The van der Waals surface area contributed by atoms with Crippen LogP contribution in [-0.2, 0) is 4.74 Å². The van der Waals surface area contributed by atoms with Crippen LogP contribution in [-0.4, -0.2) is 52.4 Å². The number of hydrogen-bond acceptors (Lipinski definition) is 8. The molecule has 1 aliphatic rings. The molecule has 0 saturated carbocycles. The highest BCUT2D eigenvalue weighted by Gasteiger charge is 2.28. The quantitative estimate of drug-likeness (QED) is 0.617. The summed E-state index contributed by atoms with van der Waals surface area (Å²) < 4.78 is 9.06. The average molecular weight is 276 g/mol. The second kappa shape index (κ2) is 4.08. The number of anilines is 1. The molecule has 0 aromatic carbocycles. The second-order valence-corrected chi connectivity index (χ2v) is 4.68. The van der Waals surface area contributed by atoms with Gasteiger partial charge in [0.15, 0.2) is 17.0 Å². The molecule has 10 heteroatoms. The van der Waals surface area contributed by atoms with E-state index in [1.807, 2.05) is 4.57 Å². The predicted octanol–water partition coefficient (Wildman–Crippen LogP) is -0.879. The zero-order chi connectivity index (χ0) is 13.7. The molecule has 2 atom stereocenters. The van der Waals surface area contributed by atoms with E-state index in [0.717, 1.165) is 12.8 Å². The minimum Gasteiger partial charge on any atom is -0.394 e. The number of aliphatic hydroxyl groups excluding tert-OH is 1. The van der Waals surface area contributed by atoms with Crippen molar-refractivity contribution in [3.05, 3.63) is 6.33 Å². The fourth-order valence-corrected chi connectivity index (χ4v) is 2.53. The maximum atomic E-state index is 9.16. The van der Waals surface area contributed by atoms with Crippen LogP contribution < -0.4 is 5.73 Å². The van der Waals surface area contributed by atoms with Gasteiger partial charge in [-0.25, -0.2) is 4.98 Å². The molecule has 0 amide bonds. The van der Waals surface area contributed by atoms with Crippen LogP contribution in [0, 0.1) is 0 Å². The van der Waals surface area contributed by atoms with Gasteiger partial charge < -0.3 is 15.6 Å². The number of aromatic nitrogens is 7. The highest BCUT2D eigenvalue weighted by atomic mass is 16.5. The van der Waals surface area contributed by atoms with Crippen LogP contribution in [0.15, 0.2) is 6.33 Å². The Kier molecular flexibility index (Phi) is 2.35. The first-order chi connectivity index (χ1) is 9.78. The van der Waals surface area contributed by atoms with Crippen molar-refractivity contribution in [2.24, 2.45) is 0 Å². The monoisotopic (exact) mass is 276 g/mol. The Morgan fingerprint density at radius 3 is 3.15 bits per heavy atom. The van der Waals surface area contributed by atoms with Gasteiger partial charge in [0.2, 0.25) is 0 Å². The molecular formula is C10H12N8O2. The number of nitrogen functional groups attached to an aromatic ring is 1. The summed E-state index contributed by atoms with van der Waals surface area (Å²) in [6.07, 6.45) is 2.84. The normalized spacial score (nSPS) is 23.1. The van der Waals surface area contributed by atoms with Crippen molar-refractivity contribution < 1.29 is 9.84 Å². The zero-order valence-corrected chi connectivity index (χ0v) is 10.4. The lowest BCUT2D eigenvalue weighted by molar-refractivity contribution is -0.0208. The topological polar surface area (TPSA) is 129 Å². The number of aliphatic hydroxyl groups is 1. The minimum atomic E-state index is -0.216. The molecule has 4 rings (SSSR count). The van der Waals surface area contributed by atoms with Gasteiger partial charge in [-0.05, 0) is 23.3 Å². The third-order valence-electron chi connectivity index (χ3n) is 3.48. The van der Waals surface area contributed by atoms with Gasteiger partial charge in [-0.15, -0.1) is 0 Å². The number of hydrogen-bond donors (Lipinski definition) is 2. The van der Waals surface area contributed by atoms with Gasteiger partial charge in [0.1, 0.15) is 6.23 Å². The van der Waals surface area contributed by atoms with E-state index in [2.05, 4.69) is 25.5 Å². The molecule has 0 aliphatic carbocycles. The lowest BCUT2D eigenvalue weighted by atomic mass is 10.2. The fraction of sp³-hybridized carbons (Fsp3) is 0.500. The summed E-state index contributed by atoms with van der Waals surface area (Å²) in [4.78, 5) is 8.34. The van der Waals surface area contributed by atoms with Gasteiger partial charge >= 0.3 is 0 Å². The Morgan fingerprint density at radius 1 is 1.45 bits per heavy atom. The molecule has 1 saturated heterocycles. The summed E-state index contributed by atoms with van der Waals surface area (Å²) >= 11 is 0. The number of nitrogens with two attached hydrogens (primary N) is 1. The molecule has 20 heavy (non-hydrogen) atoms. The maximum absolute atomic E-state index is 9.16. The number of nitrogens with zero attached hydrogens (tertiary/aromatic N) is 7. The lowest BCUT2D eigenvalue weighted by Gasteiger charge is -2.14. The van der Waals surface area contributed by atoms with Crippen LogP contribution in [0.2, 0.25) is 0 Å². The molecular weight excluding hydrogens is 264 g/mol. The number of ether oxygens (including phenoxy) is 1. The van der Waals surface area contributed by atoms with E-state index in [0.29, 0.717) is 16.9 Å². The van der Waals surface area contributed by atoms with Crippen molar-refractivity contribution in [3.63, 3.8) is 0 Å². The molecule has 104 valence electrons. The molecule has 2 unspecified atom stereocenters. The van der Waals surface area contributed by atoms with Crippen molar-refractivity contribution in [2.75, 3.05) is 12.3 Å². The van der Waals surface area contributed by atoms with Gasteiger partial charge in [0.25, 0.3) is 5.78 Å². The second-order valence-electron chi connectivity index (χ2n) is 4.68. The standard InChI is InChI=1S/C10H12N8O2/c11-8-7-9(18-10(13-8)14-15-16-18)17(4-12-7)6-2-1-5(3-19)20-6/h4-6,19H,1-3H2,(H2,11,13,14,16). The Balaban J connectivity index is 1.92. The number of imidazole rings is 1. The molecule has 1 aliphatic heterocycles. The first-order valence-corrected chi connectivity index (χ1v) is 6.24. The number of tetrazole rings is 1. The lowest BCUT2D eigenvalue weighted by Crippen LogP contribution is -2.15. The van der Waals surface area contributed by atoms with Crippen molar-refractivity contribution in [2.45, 2.75) is 25.2 Å². The Hall–Kier alpha value is -2.33. The van der Waals surface area contributed by atoms with Gasteiger partial charge in [-0.2, -0.15) is 9.50 Å². The maximum Gasteiger partial charge on any atom is 0.277 e. The van der Waals surface area contributed by atoms with Gasteiger partial charge in [0, 0.05) is 0 Å². The van der Waals surface area contributed by atoms with E-state index < -0.39 is 0 Å². The van der Waals surface area contributed by atoms with E-state index in [4.69, 9.17) is 15.6 Å². The number of rotatable bonds is 2. The van der Waals surface area contributed by atoms with Crippen LogP contribution in [0.25, 0.3) is 16.9 Å². The predicted molar refractivity (Wildman–Crippen MR) is 66.5 cm³/mol. The molecule has 0 spiro atoms. The van der Waals surface area contributed by atoms with E-state index in [1.54, 1.807) is 6.33 Å². The zero-order valence-electron chi connectivity index (χ0n) is 10.4. The molecule has 3 aromatic heterocycles. The van der Waals surface area contributed by atoms with Crippen LogP contribution in [0.4, 0.5) is 5.82 Å². The van der Waals surface area contributed by atoms with E-state index in [9.17, 15) is 0 Å². The van der Waals surface area contributed by atoms with Crippen LogP contribution >= 0.6 is 0 Å². The average Bonchev–Trinajstić information content (AvgIpc) is 3.16. The van der Waals surface area contributed by atoms with Crippen molar-refractivity contribution >= 4 is 22.8 Å². The van der Waals surface area contributed by atoms with Crippen LogP contribution in [0.1, 0.15) is 19.1 Å². The molecule has 3 aromatic rings. The van der Waals surface area contributed by atoms with E-state index in [1.165, 1.54) is 4.52 Å². The molecule has 4 heterocycles. The fourth-order valence-electron chi connectivity index (χ4n) is 2.53. The highest BCUT2D eigenvalue weighted by molar-refractivity contribution is 5.83. The largest absolute Gasteiger partial charge is 0.394 e. The highest BCUT2D eigenvalue weighted by Crippen LogP contribution is 2.31. The Labute approximate surface area is 112 Å². The summed E-state index contributed by atoms with van der Waals surface area (Å²) in [6.45, 7) is 0.00706. The third-order valence-corrected chi connectivity index (χ3v) is 3.48. The van der Waals surface area contributed by atoms with Gasteiger partial charge in [-0.3, -0.25) is 4.57 Å². The summed E-state index contributed by atoms with van der Waals surface area (Å²) in [5.41, 5.74) is 7.04. The van der Waals surface area contributed by atoms with E-state index in [-0.39, 0.29) is 24.8 Å². The molecule has 10 nitrogen and oxygen atoms in total. The molecule has 1 fully saturated rings. The van der Waals surface area contributed by atoms with E-state index >= 15 is 0 Å². The summed E-state index contributed by atoms with van der Waals surface area (Å²) in [5, 5.41) is 20.5. The van der Waals surface area contributed by atoms with Gasteiger partial charge in [0.05, 0.1) is 19.0 Å². The van der Waals surface area contributed by atoms with Crippen LogP contribution in [0.5, 0.6) is 0 Å². The van der Waals surface area contributed by atoms with Crippen molar-refractivity contribution in [1.82, 2.24) is 34.6 Å². The smallest absolute Gasteiger partial charge is 0.277 e. The van der Waals surface area contributed by atoms with Crippen molar-refractivity contribution in [3.8, 4) is 0 Å². The summed E-state index contributed by atoms with van der Waals surface area (Å²) in [6, 6.07) is 0. The first-order valence-electron chi connectivity index (χ1n) is 6.24. The SMILES string of the molecule is Nc1nc2nnnn2c2c1ncn2C1CCC(CO)O1. The van der Waals surface area contributed by atoms with Crippen LogP contribution in [0.3, 0.4) is 0 Å². The molecule has 3 N–H and O–H groups in total. The Morgan fingerprint density at radius 2 is 2.35 bits per heavy atom. The first kappa shape index (κ1) is 11.5. The molecule has 0 bridgehead atoms. The van der Waals surface area contributed by atoms with Gasteiger partial charge in [-0.1, -0.05) is 5.10 Å². The minimum absolute atomic E-state index is 0.00706. The Bertz CT molecular complexity index is 780. The summed E-state index contributed by atoms with van der Waals surface area (Å²) in [7, 11) is 0.